The van der Waals surface area contributed by atoms with Crippen LogP contribution in [0.1, 0.15) is 36.0 Å². The maximum Gasteiger partial charge on any atom is 0.410 e. The molecule has 0 heterocycles. The van der Waals surface area contributed by atoms with Crippen LogP contribution in [0.15, 0.2) is 91.0 Å². The molecular weight excluding hydrogens is 468 g/mol. The van der Waals surface area contributed by atoms with Crippen molar-refractivity contribution in [3.05, 3.63) is 108 Å². The van der Waals surface area contributed by atoms with Gasteiger partial charge in [-0.25, -0.2) is 9.59 Å². The number of amides is 2. The first-order chi connectivity index (χ1) is 18.2. The van der Waals surface area contributed by atoms with E-state index in [-0.39, 0.29) is 32.5 Å². The first kappa shape index (κ1) is 27.7. The number of rotatable bonds is 14. The van der Waals surface area contributed by atoms with E-state index in [4.69, 9.17) is 9.47 Å². The van der Waals surface area contributed by atoms with Gasteiger partial charge in [0.05, 0.1) is 6.61 Å². The minimum Gasteiger partial charge on any atom is -0.445 e. The van der Waals surface area contributed by atoms with Crippen LogP contribution < -0.4 is 0 Å². The van der Waals surface area contributed by atoms with E-state index in [1.165, 1.54) is 4.90 Å². The maximum absolute atomic E-state index is 12.9. The quantitative estimate of drug-likeness (QED) is 0.288. The lowest BCUT2D eigenvalue weighted by atomic mass is 10.2. The van der Waals surface area contributed by atoms with Gasteiger partial charge >= 0.3 is 12.2 Å². The summed E-state index contributed by atoms with van der Waals surface area (Å²) in [6.45, 7) is 2.01. The van der Waals surface area contributed by atoms with Gasteiger partial charge in [0.1, 0.15) is 13.2 Å². The average Bonchev–Trinajstić information content (AvgIpc) is 2.95. The minimum absolute atomic E-state index is 0.126. The van der Waals surface area contributed by atoms with E-state index in [1.54, 1.807) is 4.90 Å². The summed E-state index contributed by atoms with van der Waals surface area (Å²) >= 11 is 0. The number of unbranched alkanes of at least 4 members (excludes halogenated alkanes) is 2. The fourth-order valence-electron chi connectivity index (χ4n) is 3.86. The molecule has 0 fully saturated rings. The molecule has 0 radical (unpaired) electrons. The number of aliphatic hydroxyl groups excluding tert-OH is 1. The number of hydrogen-bond acceptors (Lipinski definition) is 5. The van der Waals surface area contributed by atoms with Gasteiger partial charge in [0.2, 0.25) is 0 Å². The molecule has 7 nitrogen and oxygen atoms in total. The van der Waals surface area contributed by atoms with Gasteiger partial charge in [-0.2, -0.15) is 0 Å². The summed E-state index contributed by atoms with van der Waals surface area (Å²) in [7, 11) is 0. The van der Waals surface area contributed by atoms with Crippen LogP contribution >= 0.6 is 0 Å². The van der Waals surface area contributed by atoms with E-state index >= 15 is 0 Å². The summed E-state index contributed by atoms with van der Waals surface area (Å²) in [6, 6.07) is 29.0. The molecule has 0 unspecified atom stereocenters. The van der Waals surface area contributed by atoms with Crippen LogP contribution in [0.4, 0.5) is 9.59 Å². The Bertz CT molecular complexity index is 1050. The molecule has 3 aromatic rings. The van der Waals surface area contributed by atoms with Crippen molar-refractivity contribution in [3.8, 4) is 0 Å². The number of carbonyl (C=O) groups excluding carboxylic acids is 2. The number of aliphatic hydroxyl groups is 1. The highest BCUT2D eigenvalue weighted by atomic mass is 16.6. The van der Waals surface area contributed by atoms with E-state index in [1.807, 2.05) is 91.0 Å². The first-order valence-corrected chi connectivity index (χ1v) is 12.7. The van der Waals surface area contributed by atoms with Crippen molar-refractivity contribution in [1.29, 1.82) is 0 Å². The summed E-state index contributed by atoms with van der Waals surface area (Å²) in [5.41, 5.74) is 2.89. The van der Waals surface area contributed by atoms with Crippen molar-refractivity contribution in [2.45, 2.75) is 39.0 Å². The minimum atomic E-state index is -0.437. The summed E-state index contributed by atoms with van der Waals surface area (Å²) in [5, 5.41) is 9.37. The third-order valence-electron chi connectivity index (χ3n) is 5.87. The Labute approximate surface area is 219 Å². The van der Waals surface area contributed by atoms with Gasteiger partial charge in [-0.05, 0) is 36.0 Å². The van der Waals surface area contributed by atoms with Crippen LogP contribution in [0.25, 0.3) is 0 Å². The molecule has 2 amide bonds. The topological polar surface area (TPSA) is 79.3 Å². The molecule has 0 atom stereocenters. The lowest BCUT2D eigenvalue weighted by molar-refractivity contribution is 0.0870. The van der Waals surface area contributed by atoms with E-state index in [2.05, 4.69) is 0 Å². The molecule has 196 valence electrons. The van der Waals surface area contributed by atoms with Gasteiger partial charge in [-0.15, -0.1) is 0 Å². The van der Waals surface area contributed by atoms with Crippen molar-refractivity contribution < 1.29 is 24.2 Å². The molecule has 3 rings (SSSR count). The third-order valence-corrected chi connectivity index (χ3v) is 5.87. The maximum atomic E-state index is 12.9. The monoisotopic (exact) mass is 504 g/mol. The molecule has 0 saturated carbocycles. The lowest BCUT2D eigenvalue weighted by Gasteiger charge is -2.23. The largest absolute Gasteiger partial charge is 0.445 e. The van der Waals surface area contributed by atoms with E-state index in [0.29, 0.717) is 19.6 Å². The average molecular weight is 505 g/mol. The Hall–Kier alpha value is -3.84. The van der Waals surface area contributed by atoms with Crippen molar-refractivity contribution in [2.75, 3.05) is 26.2 Å². The summed E-state index contributed by atoms with van der Waals surface area (Å²) in [4.78, 5) is 28.6. The Kier molecular flexibility index (Phi) is 12.0. The smallest absolute Gasteiger partial charge is 0.410 e. The molecule has 0 aliphatic carbocycles. The SMILES string of the molecule is O=C(OCc1ccccc1)N(CCO)CCCCCN(Cc1ccccc1)C(=O)OCc1ccccc1. The molecule has 0 aliphatic heterocycles. The standard InChI is InChI=1S/C30H36N2O5/c33-22-21-31(29(34)36-24-27-15-7-2-8-16-27)19-11-4-12-20-32(23-26-13-5-1-6-14-26)30(35)37-25-28-17-9-3-10-18-28/h1-3,5-10,13-18,33H,4,11-12,19-25H2. The zero-order valence-electron chi connectivity index (χ0n) is 21.2. The van der Waals surface area contributed by atoms with E-state index in [0.717, 1.165) is 36.0 Å². The number of benzene rings is 3. The van der Waals surface area contributed by atoms with Crippen molar-refractivity contribution in [2.24, 2.45) is 0 Å². The molecule has 0 spiro atoms. The normalized spacial score (nSPS) is 10.5. The Balaban J connectivity index is 1.45. The first-order valence-electron chi connectivity index (χ1n) is 12.7. The van der Waals surface area contributed by atoms with Gasteiger partial charge in [0, 0.05) is 26.2 Å². The van der Waals surface area contributed by atoms with Gasteiger partial charge < -0.3 is 24.4 Å². The van der Waals surface area contributed by atoms with Crippen LogP contribution in [0, 0.1) is 0 Å². The highest BCUT2D eigenvalue weighted by Crippen LogP contribution is 2.11. The van der Waals surface area contributed by atoms with E-state index < -0.39 is 6.09 Å². The number of hydrogen-bond donors (Lipinski definition) is 1. The molecule has 0 bridgehead atoms. The van der Waals surface area contributed by atoms with E-state index in [9.17, 15) is 14.7 Å². The molecule has 0 aliphatic rings. The van der Waals surface area contributed by atoms with Gasteiger partial charge in [0.25, 0.3) is 0 Å². The Morgan fingerprint density at radius 3 is 1.49 bits per heavy atom. The predicted molar refractivity (Wildman–Crippen MR) is 143 cm³/mol. The lowest BCUT2D eigenvalue weighted by Crippen LogP contribution is -2.35. The van der Waals surface area contributed by atoms with Gasteiger partial charge in [0.15, 0.2) is 0 Å². The number of ether oxygens (including phenoxy) is 2. The second-order valence-corrected chi connectivity index (χ2v) is 8.76. The third kappa shape index (κ3) is 10.4. The summed E-state index contributed by atoms with van der Waals surface area (Å²) in [5.74, 6) is 0. The van der Waals surface area contributed by atoms with Crippen LogP contribution in [-0.2, 0) is 29.2 Å². The van der Waals surface area contributed by atoms with Crippen molar-refractivity contribution in [3.63, 3.8) is 0 Å². The Morgan fingerprint density at radius 1 is 0.568 bits per heavy atom. The predicted octanol–water partition coefficient (Wildman–Crippen LogP) is 5.63. The molecule has 1 N–H and O–H groups in total. The van der Waals surface area contributed by atoms with Crippen LogP contribution in [0.3, 0.4) is 0 Å². The molecule has 0 aromatic heterocycles. The highest BCUT2D eigenvalue weighted by Gasteiger charge is 2.17. The molecule has 3 aromatic carbocycles. The molecule has 0 saturated heterocycles. The van der Waals surface area contributed by atoms with Crippen LogP contribution in [0.2, 0.25) is 0 Å². The van der Waals surface area contributed by atoms with Crippen LogP contribution in [-0.4, -0.2) is 53.3 Å². The zero-order chi connectivity index (χ0) is 26.1. The van der Waals surface area contributed by atoms with Gasteiger partial charge in [-0.1, -0.05) is 91.0 Å². The Morgan fingerprint density at radius 2 is 1.00 bits per heavy atom. The van der Waals surface area contributed by atoms with Gasteiger partial charge in [-0.3, -0.25) is 0 Å². The van der Waals surface area contributed by atoms with Crippen LogP contribution in [0.5, 0.6) is 0 Å². The van der Waals surface area contributed by atoms with Crippen molar-refractivity contribution >= 4 is 12.2 Å². The fourth-order valence-corrected chi connectivity index (χ4v) is 3.86. The molecule has 37 heavy (non-hydrogen) atoms. The second-order valence-electron chi connectivity index (χ2n) is 8.76. The summed E-state index contributed by atoms with van der Waals surface area (Å²) in [6.07, 6.45) is 1.52. The zero-order valence-corrected chi connectivity index (χ0v) is 21.2. The second kappa shape index (κ2) is 16.0. The number of carbonyl (C=O) groups is 2. The highest BCUT2D eigenvalue weighted by molar-refractivity contribution is 5.68. The molecular formula is C30H36N2O5. The summed E-state index contributed by atoms with van der Waals surface area (Å²) < 4.78 is 11.0. The molecule has 7 heteroatoms. The fraction of sp³-hybridized carbons (Fsp3) is 0.333. The van der Waals surface area contributed by atoms with Crippen molar-refractivity contribution in [1.82, 2.24) is 9.80 Å². The number of nitrogens with zero attached hydrogens (tertiary/aromatic N) is 2.